The highest BCUT2D eigenvalue weighted by Gasteiger charge is 2.46. The Labute approximate surface area is 153 Å². The molecule has 2 bridgehead atoms. The van der Waals surface area contributed by atoms with Crippen molar-refractivity contribution in [2.24, 2.45) is 0 Å². The molecule has 4 heterocycles. The predicted molar refractivity (Wildman–Crippen MR) is 94.5 cm³/mol. The Morgan fingerprint density at radius 2 is 1.54 bits per heavy atom. The summed E-state index contributed by atoms with van der Waals surface area (Å²) in [6.07, 6.45) is 5.97. The van der Waals surface area contributed by atoms with Gasteiger partial charge in [-0.05, 0) is 38.3 Å². The number of morpholine rings is 1. The Bertz CT molecular complexity index is 625. The van der Waals surface area contributed by atoms with Gasteiger partial charge in [0.15, 0.2) is 0 Å². The Hall–Kier alpha value is -2.06. The van der Waals surface area contributed by atoms with Gasteiger partial charge in [0.05, 0.1) is 0 Å². The first kappa shape index (κ1) is 17.4. The molecule has 0 saturated carbocycles. The lowest BCUT2D eigenvalue weighted by molar-refractivity contribution is -0.168. The summed E-state index contributed by atoms with van der Waals surface area (Å²) in [7, 11) is 0. The molecule has 8 nitrogen and oxygen atoms in total. The molecule has 0 radical (unpaired) electrons. The molecule has 26 heavy (non-hydrogen) atoms. The van der Waals surface area contributed by atoms with Crippen LogP contribution in [0.1, 0.15) is 25.7 Å². The van der Waals surface area contributed by atoms with Gasteiger partial charge in [-0.25, -0.2) is 9.97 Å². The van der Waals surface area contributed by atoms with Crippen LogP contribution in [0.5, 0.6) is 0 Å². The number of imide groups is 1. The van der Waals surface area contributed by atoms with Crippen molar-refractivity contribution >= 4 is 17.8 Å². The zero-order valence-electron chi connectivity index (χ0n) is 14.9. The number of amides is 2. The fraction of sp³-hybridized carbons (Fsp3) is 0.667. The van der Waals surface area contributed by atoms with E-state index in [0.717, 1.165) is 51.5 Å². The number of fused-ring (bicyclic) bond motifs is 2. The van der Waals surface area contributed by atoms with Crippen LogP contribution < -0.4 is 4.90 Å². The summed E-state index contributed by atoms with van der Waals surface area (Å²) in [5.41, 5.74) is 0. The van der Waals surface area contributed by atoms with Crippen molar-refractivity contribution < 1.29 is 14.3 Å². The number of unbranched alkanes of at least 4 members (excludes halogenated alkanes) is 1. The molecule has 0 spiro atoms. The second-order valence-electron chi connectivity index (χ2n) is 7.10. The highest BCUT2D eigenvalue weighted by molar-refractivity contribution is 6.02. The molecule has 140 valence electrons. The number of piperazine rings is 1. The molecule has 0 N–H and O–H groups in total. The van der Waals surface area contributed by atoms with Gasteiger partial charge in [0.1, 0.15) is 12.2 Å². The number of rotatable bonds is 6. The van der Waals surface area contributed by atoms with Crippen LogP contribution >= 0.6 is 0 Å². The van der Waals surface area contributed by atoms with Gasteiger partial charge in [-0.2, -0.15) is 0 Å². The van der Waals surface area contributed by atoms with Crippen LogP contribution in [0, 0.1) is 0 Å². The Morgan fingerprint density at radius 3 is 2.19 bits per heavy atom. The molecule has 3 aliphatic rings. The van der Waals surface area contributed by atoms with Crippen LogP contribution in [0.2, 0.25) is 0 Å². The van der Waals surface area contributed by atoms with E-state index in [1.165, 1.54) is 4.90 Å². The lowest BCUT2D eigenvalue weighted by Gasteiger charge is -2.35. The van der Waals surface area contributed by atoms with Gasteiger partial charge in [-0.3, -0.25) is 19.4 Å². The third kappa shape index (κ3) is 3.57. The van der Waals surface area contributed by atoms with Crippen molar-refractivity contribution in [2.45, 2.75) is 37.9 Å². The summed E-state index contributed by atoms with van der Waals surface area (Å²) < 4.78 is 5.44. The second-order valence-corrected chi connectivity index (χ2v) is 7.10. The van der Waals surface area contributed by atoms with Crippen LogP contribution in [0.15, 0.2) is 18.5 Å². The summed E-state index contributed by atoms with van der Waals surface area (Å²) in [4.78, 5) is 39.1. The van der Waals surface area contributed by atoms with Crippen molar-refractivity contribution in [3.05, 3.63) is 18.5 Å². The molecular weight excluding hydrogens is 334 g/mol. The van der Waals surface area contributed by atoms with Crippen molar-refractivity contribution in [1.82, 2.24) is 19.8 Å². The third-order valence-electron chi connectivity index (χ3n) is 5.42. The van der Waals surface area contributed by atoms with E-state index in [1.807, 2.05) is 6.07 Å². The molecule has 0 aromatic carbocycles. The fourth-order valence-electron chi connectivity index (χ4n) is 3.91. The lowest BCUT2D eigenvalue weighted by Crippen LogP contribution is -2.52. The minimum absolute atomic E-state index is 0.139. The molecule has 1 aromatic rings. The first-order chi connectivity index (χ1) is 12.7. The lowest BCUT2D eigenvalue weighted by atomic mass is 10.2. The van der Waals surface area contributed by atoms with E-state index in [1.54, 1.807) is 12.4 Å². The largest absolute Gasteiger partial charge is 0.355 e. The van der Waals surface area contributed by atoms with E-state index in [0.29, 0.717) is 19.4 Å². The monoisotopic (exact) mass is 359 g/mol. The first-order valence-electron chi connectivity index (χ1n) is 9.47. The molecule has 2 atom stereocenters. The van der Waals surface area contributed by atoms with Gasteiger partial charge in [-0.1, -0.05) is 0 Å². The number of hydrogen-bond donors (Lipinski definition) is 0. The van der Waals surface area contributed by atoms with Gasteiger partial charge in [-0.15, -0.1) is 0 Å². The molecule has 3 aliphatic heterocycles. The molecule has 2 unspecified atom stereocenters. The number of ether oxygens (including phenoxy) is 1. The SMILES string of the molecule is O=C1C2CCC(O2)C(=O)N1CCCCN1CCN(c2ncccn2)CC1. The van der Waals surface area contributed by atoms with Crippen molar-refractivity contribution in [3.8, 4) is 0 Å². The highest BCUT2D eigenvalue weighted by Crippen LogP contribution is 2.28. The summed E-state index contributed by atoms with van der Waals surface area (Å²) in [6.45, 7) is 5.33. The van der Waals surface area contributed by atoms with Crippen molar-refractivity contribution in [2.75, 3.05) is 44.2 Å². The molecular formula is C18H25N5O3. The topological polar surface area (TPSA) is 78.9 Å². The normalized spacial score (nSPS) is 26.6. The first-order valence-corrected chi connectivity index (χ1v) is 9.47. The quantitative estimate of drug-likeness (QED) is 0.534. The van der Waals surface area contributed by atoms with Crippen molar-refractivity contribution in [3.63, 3.8) is 0 Å². The minimum atomic E-state index is -0.383. The van der Waals surface area contributed by atoms with Crippen LogP contribution in [0.4, 0.5) is 5.95 Å². The zero-order valence-corrected chi connectivity index (χ0v) is 14.9. The van der Waals surface area contributed by atoms with Crippen LogP contribution in [-0.2, 0) is 14.3 Å². The third-order valence-corrected chi connectivity index (χ3v) is 5.42. The average Bonchev–Trinajstić information content (AvgIpc) is 3.14. The maximum absolute atomic E-state index is 12.2. The Balaban J connectivity index is 1.17. The minimum Gasteiger partial charge on any atom is -0.355 e. The van der Waals surface area contributed by atoms with Gasteiger partial charge < -0.3 is 9.64 Å². The summed E-state index contributed by atoms with van der Waals surface area (Å²) >= 11 is 0. The zero-order chi connectivity index (χ0) is 17.9. The van der Waals surface area contributed by atoms with E-state index in [-0.39, 0.29) is 24.0 Å². The maximum Gasteiger partial charge on any atom is 0.258 e. The molecule has 4 rings (SSSR count). The second kappa shape index (κ2) is 7.67. The molecule has 2 amide bonds. The standard InChI is InChI=1S/C18H25N5O3/c24-16-14-4-5-15(26-14)17(25)23(16)9-2-1-8-21-10-12-22(13-11-21)18-19-6-3-7-20-18/h3,6-7,14-15H,1-2,4-5,8-13H2. The molecule has 3 saturated heterocycles. The van der Waals surface area contributed by atoms with E-state index < -0.39 is 0 Å². The average molecular weight is 359 g/mol. The molecule has 8 heteroatoms. The van der Waals surface area contributed by atoms with Gasteiger partial charge >= 0.3 is 0 Å². The number of likely N-dealkylation sites (tertiary alicyclic amines) is 1. The van der Waals surface area contributed by atoms with Crippen LogP contribution in [-0.4, -0.2) is 83.1 Å². The van der Waals surface area contributed by atoms with E-state index in [4.69, 9.17) is 4.74 Å². The number of carbonyl (C=O) groups excluding carboxylic acids is 2. The predicted octanol–water partition coefficient (Wildman–Crippen LogP) is 0.295. The number of carbonyl (C=O) groups is 2. The molecule has 1 aromatic heterocycles. The summed E-state index contributed by atoms with van der Waals surface area (Å²) in [6, 6.07) is 1.83. The Morgan fingerprint density at radius 1 is 0.923 bits per heavy atom. The van der Waals surface area contributed by atoms with Crippen molar-refractivity contribution in [1.29, 1.82) is 0 Å². The highest BCUT2D eigenvalue weighted by atomic mass is 16.5. The number of nitrogens with zero attached hydrogens (tertiary/aromatic N) is 5. The van der Waals surface area contributed by atoms with Crippen LogP contribution in [0.25, 0.3) is 0 Å². The Kier molecular flexibility index (Phi) is 5.12. The van der Waals surface area contributed by atoms with E-state index in [9.17, 15) is 9.59 Å². The van der Waals surface area contributed by atoms with Gasteiger partial charge in [0.25, 0.3) is 11.8 Å². The number of aromatic nitrogens is 2. The number of hydrogen-bond acceptors (Lipinski definition) is 7. The summed E-state index contributed by atoms with van der Waals surface area (Å²) in [5.74, 6) is 0.520. The van der Waals surface area contributed by atoms with E-state index in [2.05, 4.69) is 19.8 Å². The molecule has 3 fully saturated rings. The van der Waals surface area contributed by atoms with E-state index >= 15 is 0 Å². The maximum atomic E-state index is 12.2. The number of anilines is 1. The van der Waals surface area contributed by atoms with Gasteiger partial charge in [0.2, 0.25) is 5.95 Å². The molecule has 0 aliphatic carbocycles. The summed E-state index contributed by atoms with van der Waals surface area (Å²) in [5, 5.41) is 0. The van der Waals surface area contributed by atoms with Gasteiger partial charge in [0, 0.05) is 45.1 Å². The fourth-order valence-corrected chi connectivity index (χ4v) is 3.91. The smallest absolute Gasteiger partial charge is 0.258 e. The van der Waals surface area contributed by atoms with Crippen LogP contribution in [0.3, 0.4) is 0 Å².